The van der Waals surface area contributed by atoms with E-state index in [1.165, 1.54) is 24.0 Å². The fourth-order valence-corrected chi connectivity index (χ4v) is 4.37. The third-order valence-corrected chi connectivity index (χ3v) is 5.97. The summed E-state index contributed by atoms with van der Waals surface area (Å²) in [5.41, 5.74) is 4.43. The van der Waals surface area contributed by atoms with E-state index in [4.69, 9.17) is 0 Å². The van der Waals surface area contributed by atoms with Gasteiger partial charge < -0.3 is 9.80 Å². The SMILES string of the molecule is Cn1ncc2c(N3CCN(C(=O)c4ccc5c(c4)CCCC5)CC3)ncnc21. The monoisotopic (exact) mass is 376 g/mol. The molecule has 7 heteroatoms. The molecule has 1 amide bonds. The number of aromatic nitrogens is 4. The maximum Gasteiger partial charge on any atom is 0.253 e. The van der Waals surface area contributed by atoms with Crippen LogP contribution in [0, 0.1) is 0 Å². The molecule has 1 aliphatic carbocycles. The van der Waals surface area contributed by atoms with E-state index in [0.717, 1.165) is 48.3 Å². The average Bonchev–Trinajstić information content (AvgIpc) is 3.14. The van der Waals surface area contributed by atoms with E-state index in [2.05, 4.69) is 32.1 Å². The fourth-order valence-electron chi connectivity index (χ4n) is 4.37. The van der Waals surface area contributed by atoms with Crippen LogP contribution in [0.5, 0.6) is 0 Å². The van der Waals surface area contributed by atoms with Crippen molar-refractivity contribution in [2.75, 3.05) is 31.1 Å². The van der Waals surface area contributed by atoms with Crippen LogP contribution in [0.3, 0.4) is 0 Å². The number of piperazine rings is 1. The van der Waals surface area contributed by atoms with Gasteiger partial charge in [0.2, 0.25) is 0 Å². The Kier molecular flexibility index (Phi) is 4.22. The largest absolute Gasteiger partial charge is 0.352 e. The Bertz CT molecular complexity index is 1030. The predicted molar refractivity (Wildman–Crippen MR) is 108 cm³/mol. The zero-order valence-electron chi connectivity index (χ0n) is 16.1. The molecule has 1 saturated heterocycles. The molecule has 0 atom stereocenters. The molecule has 3 aromatic rings. The van der Waals surface area contributed by atoms with E-state index in [0.29, 0.717) is 13.1 Å². The van der Waals surface area contributed by atoms with Gasteiger partial charge in [-0.1, -0.05) is 6.07 Å². The van der Waals surface area contributed by atoms with Crippen molar-refractivity contribution in [1.82, 2.24) is 24.6 Å². The lowest BCUT2D eigenvalue weighted by Crippen LogP contribution is -2.49. The van der Waals surface area contributed by atoms with Crippen LogP contribution in [0.2, 0.25) is 0 Å². The number of hydrogen-bond acceptors (Lipinski definition) is 5. The third kappa shape index (κ3) is 2.91. The molecular formula is C21H24N6O. The Morgan fingerprint density at radius 2 is 1.79 bits per heavy atom. The van der Waals surface area contributed by atoms with Gasteiger partial charge in [0.05, 0.1) is 11.6 Å². The molecule has 1 aromatic carbocycles. The van der Waals surface area contributed by atoms with Crippen LogP contribution in [0.25, 0.3) is 11.0 Å². The maximum absolute atomic E-state index is 13.0. The van der Waals surface area contributed by atoms with Crippen LogP contribution in [-0.4, -0.2) is 56.7 Å². The predicted octanol–water partition coefficient (Wildman–Crippen LogP) is 2.20. The number of aryl methyl sites for hydroxylation is 3. The summed E-state index contributed by atoms with van der Waals surface area (Å²) in [7, 11) is 1.88. The van der Waals surface area contributed by atoms with Gasteiger partial charge in [-0.2, -0.15) is 5.10 Å². The molecule has 0 bridgehead atoms. The van der Waals surface area contributed by atoms with Gasteiger partial charge in [-0.15, -0.1) is 0 Å². The zero-order valence-corrected chi connectivity index (χ0v) is 16.1. The van der Waals surface area contributed by atoms with Crippen molar-refractivity contribution in [3.63, 3.8) is 0 Å². The van der Waals surface area contributed by atoms with Crippen molar-refractivity contribution in [1.29, 1.82) is 0 Å². The minimum atomic E-state index is 0.141. The molecule has 5 rings (SSSR count). The summed E-state index contributed by atoms with van der Waals surface area (Å²) in [6, 6.07) is 6.27. The molecule has 0 saturated carbocycles. The molecule has 3 heterocycles. The van der Waals surface area contributed by atoms with Crippen molar-refractivity contribution in [2.24, 2.45) is 7.05 Å². The minimum absolute atomic E-state index is 0.141. The van der Waals surface area contributed by atoms with Crippen molar-refractivity contribution >= 4 is 22.8 Å². The second kappa shape index (κ2) is 6.89. The van der Waals surface area contributed by atoms with E-state index in [9.17, 15) is 4.79 Å². The van der Waals surface area contributed by atoms with Gasteiger partial charge in [0, 0.05) is 38.8 Å². The van der Waals surface area contributed by atoms with Gasteiger partial charge in [0.15, 0.2) is 5.65 Å². The quantitative estimate of drug-likeness (QED) is 0.686. The van der Waals surface area contributed by atoms with Gasteiger partial charge in [-0.25, -0.2) is 9.97 Å². The Labute approximate surface area is 164 Å². The third-order valence-electron chi connectivity index (χ3n) is 5.97. The number of carbonyl (C=O) groups excluding carboxylic acids is 1. The Morgan fingerprint density at radius 3 is 2.61 bits per heavy atom. The molecule has 0 unspecified atom stereocenters. The normalized spacial score (nSPS) is 17.0. The molecule has 0 N–H and O–H groups in total. The molecule has 1 aliphatic heterocycles. The molecular weight excluding hydrogens is 352 g/mol. The summed E-state index contributed by atoms with van der Waals surface area (Å²) in [5, 5.41) is 5.25. The van der Waals surface area contributed by atoms with Gasteiger partial charge in [-0.05, 0) is 48.9 Å². The fraction of sp³-hybridized carbons (Fsp3) is 0.429. The minimum Gasteiger partial charge on any atom is -0.352 e. The zero-order chi connectivity index (χ0) is 19.1. The number of benzene rings is 1. The van der Waals surface area contributed by atoms with Crippen LogP contribution in [0.1, 0.15) is 34.3 Å². The van der Waals surface area contributed by atoms with Gasteiger partial charge in [0.25, 0.3) is 5.91 Å². The van der Waals surface area contributed by atoms with E-state index in [1.807, 2.05) is 24.2 Å². The Morgan fingerprint density at radius 1 is 1.00 bits per heavy atom. The summed E-state index contributed by atoms with van der Waals surface area (Å²) < 4.78 is 1.76. The van der Waals surface area contributed by atoms with Crippen molar-refractivity contribution in [3.8, 4) is 0 Å². The summed E-state index contributed by atoms with van der Waals surface area (Å²) in [4.78, 5) is 26.0. The van der Waals surface area contributed by atoms with Gasteiger partial charge in [-0.3, -0.25) is 9.48 Å². The molecule has 0 spiro atoms. The summed E-state index contributed by atoms with van der Waals surface area (Å²) >= 11 is 0. The topological polar surface area (TPSA) is 67.2 Å². The van der Waals surface area contributed by atoms with Crippen molar-refractivity contribution < 1.29 is 4.79 Å². The van der Waals surface area contributed by atoms with Gasteiger partial charge >= 0.3 is 0 Å². The first-order valence-electron chi connectivity index (χ1n) is 9.99. The first-order valence-corrected chi connectivity index (χ1v) is 9.99. The highest BCUT2D eigenvalue weighted by molar-refractivity contribution is 5.95. The van der Waals surface area contributed by atoms with Crippen LogP contribution in [0.4, 0.5) is 5.82 Å². The number of anilines is 1. The molecule has 2 aromatic heterocycles. The summed E-state index contributed by atoms with van der Waals surface area (Å²) in [5.74, 6) is 1.04. The number of carbonyl (C=O) groups is 1. The first-order chi connectivity index (χ1) is 13.7. The number of rotatable bonds is 2. The van der Waals surface area contributed by atoms with E-state index >= 15 is 0 Å². The maximum atomic E-state index is 13.0. The lowest BCUT2D eigenvalue weighted by Gasteiger charge is -2.35. The molecule has 144 valence electrons. The molecule has 1 fully saturated rings. The van der Waals surface area contributed by atoms with E-state index in [-0.39, 0.29) is 5.91 Å². The summed E-state index contributed by atoms with van der Waals surface area (Å²) in [6.07, 6.45) is 8.13. The Balaban J connectivity index is 1.31. The highest BCUT2D eigenvalue weighted by atomic mass is 16.2. The number of nitrogens with zero attached hydrogens (tertiary/aromatic N) is 6. The van der Waals surface area contributed by atoms with E-state index in [1.54, 1.807) is 11.0 Å². The molecule has 2 aliphatic rings. The summed E-state index contributed by atoms with van der Waals surface area (Å²) in [6.45, 7) is 2.92. The number of amides is 1. The standard InChI is InChI=1S/C21H24N6O/c1-25-19-18(13-24-25)20(23-14-22-19)26-8-10-27(11-9-26)21(28)17-7-6-15-4-2-3-5-16(15)12-17/h6-7,12-14H,2-5,8-11H2,1H3. The lowest BCUT2D eigenvalue weighted by atomic mass is 9.90. The second-order valence-corrected chi connectivity index (χ2v) is 7.67. The average molecular weight is 376 g/mol. The molecule has 0 radical (unpaired) electrons. The number of hydrogen-bond donors (Lipinski definition) is 0. The van der Waals surface area contributed by atoms with Crippen LogP contribution in [-0.2, 0) is 19.9 Å². The van der Waals surface area contributed by atoms with E-state index < -0.39 is 0 Å². The highest BCUT2D eigenvalue weighted by Gasteiger charge is 2.25. The number of fused-ring (bicyclic) bond motifs is 2. The molecule has 28 heavy (non-hydrogen) atoms. The smallest absolute Gasteiger partial charge is 0.253 e. The van der Waals surface area contributed by atoms with Crippen LogP contribution >= 0.6 is 0 Å². The lowest BCUT2D eigenvalue weighted by molar-refractivity contribution is 0.0746. The Hall–Kier alpha value is -2.96. The molecule has 7 nitrogen and oxygen atoms in total. The van der Waals surface area contributed by atoms with Crippen molar-refractivity contribution in [3.05, 3.63) is 47.4 Å². The van der Waals surface area contributed by atoms with Crippen molar-refractivity contribution in [2.45, 2.75) is 25.7 Å². The van der Waals surface area contributed by atoms with Crippen LogP contribution in [0.15, 0.2) is 30.7 Å². The van der Waals surface area contributed by atoms with Gasteiger partial charge in [0.1, 0.15) is 12.1 Å². The van der Waals surface area contributed by atoms with Crippen LogP contribution < -0.4 is 4.90 Å². The highest BCUT2D eigenvalue weighted by Crippen LogP contribution is 2.25. The second-order valence-electron chi connectivity index (χ2n) is 7.67. The first kappa shape index (κ1) is 17.2.